The van der Waals surface area contributed by atoms with Crippen LogP contribution in [0.5, 0.6) is 0 Å². The van der Waals surface area contributed by atoms with Crippen molar-refractivity contribution in [3.63, 3.8) is 0 Å². The van der Waals surface area contributed by atoms with Crippen LogP contribution in [-0.4, -0.2) is 41.1 Å². The summed E-state index contributed by atoms with van der Waals surface area (Å²) in [4.78, 5) is 3.99. The Morgan fingerprint density at radius 1 is 1.15 bits per heavy atom. The molecule has 1 aromatic heterocycles. The number of rotatable bonds is 8. The first-order valence-corrected chi connectivity index (χ1v) is 10.2. The first-order valence-electron chi connectivity index (χ1n) is 7.84. The summed E-state index contributed by atoms with van der Waals surface area (Å²) in [5, 5.41) is 7.61. The summed E-state index contributed by atoms with van der Waals surface area (Å²) in [6.07, 6.45) is 0.287. The molecule has 3 N–H and O–H groups in total. The number of nitrogens with zero attached hydrogens (tertiary/aromatic N) is 1. The Hall–Kier alpha value is -2.04. The summed E-state index contributed by atoms with van der Waals surface area (Å²) >= 11 is 1.15. The summed E-state index contributed by atoms with van der Waals surface area (Å²) in [5.41, 5.74) is 0.275. The molecule has 0 unspecified atom stereocenters. The first kappa shape index (κ1) is 20.3. The third kappa shape index (κ3) is 6.04. The summed E-state index contributed by atoms with van der Waals surface area (Å²) in [6.45, 7) is 0.846. The molecule has 0 aliphatic heterocycles. The van der Waals surface area contributed by atoms with Gasteiger partial charge in [0.2, 0.25) is 10.0 Å². The lowest BCUT2D eigenvalue weighted by Gasteiger charge is -2.12. The van der Waals surface area contributed by atoms with Crippen molar-refractivity contribution in [3.05, 3.63) is 52.9 Å². The fourth-order valence-corrected chi connectivity index (χ4v) is 4.19. The van der Waals surface area contributed by atoms with Gasteiger partial charge in [-0.2, -0.15) is 0 Å². The maximum Gasteiger partial charge on any atom is 0.250 e. The zero-order chi connectivity index (χ0) is 19.0. The van der Waals surface area contributed by atoms with Crippen LogP contribution in [0, 0.1) is 11.6 Å². The number of halogens is 2. The minimum atomic E-state index is -3.49. The van der Waals surface area contributed by atoms with Crippen LogP contribution in [-0.2, 0) is 16.4 Å². The molecule has 2 rings (SSSR count). The smallest absolute Gasteiger partial charge is 0.250 e. The summed E-state index contributed by atoms with van der Waals surface area (Å²) < 4.78 is 53.3. The molecular weight excluding hydrogens is 382 g/mol. The normalized spacial score (nSPS) is 12.2. The number of benzene rings is 1. The van der Waals surface area contributed by atoms with Crippen molar-refractivity contribution in [1.82, 2.24) is 15.4 Å². The van der Waals surface area contributed by atoms with Gasteiger partial charge in [-0.25, -0.2) is 21.9 Å². The Morgan fingerprint density at radius 3 is 2.62 bits per heavy atom. The highest BCUT2D eigenvalue weighted by Crippen LogP contribution is 2.14. The van der Waals surface area contributed by atoms with Gasteiger partial charge in [-0.15, -0.1) is 11.3 Å². The van der Waals surface area contributed by atoms with E-state index in [4.69, 9.17) is 0 Å². The van der Waals surface area contributed by atoms with Gasteiger partial charge >= 0.3 is 0 Å². The third-order valence-electron chi connectivity index (χ3n) is 3.39. The van der Waals surface area contributed by atoms with E-state index in [2.05, 4.69) is 20.3 Å². The van der Waals surface area contributed by atoms with Gasteiger partial charge in [0.1, 0.15) is 15.8 Å². The summed E-state index contributed by atoms with van der Waals surface area (Å²) in [5.74, 6) is -0.502. The molecule has 0 fully saturated rings. The van der Waals surface area contributed by atoms with Crippen molar-refractivity contribution >= 4 is 27.3 Å². The van der Waals surface area contributed by atoms with Gasteiger partial charge in [-0.1, -0.05) is 6.07 Å². The van der Waals surface area contributed by atoms with Crippen LogP contribution in [0.15, 0.2) is 44.9 Å². The average molecular weight is 402 g/mol. The predicted molar refractivity (Wildman–Crippen MR) is 98.9 cm³/mol. The Bertz CT molecular complexity index is 840. The zero-order valence-corrected chi connectivity index (χ0v) is 15.8. The SMILES string of the molecule is CN=C(NCCNS(=O)(=O)c1cccs1)NCCc1cc(F)ccc1F. The molecule has 26 heavy (non-hydrogen) atoms. The van der Waals surface area contributed by atoms with Crippen molar-refractivity contribution in [1.29, 1.82) is 0 Å². The first-order chi connectivity index (χ1) is 12.4. The molecule has 2 aromatic rings. The minimum Gasteiger partial charge on any atom is -0.356 e. The third-order valence-corrected chi connectivity index (χ3v) is 6.25. The van der Waals surface area contributed by atoms with Crippen LogP contribution < -0.4 is 15.4 Å². The monoisotopic (exact) mass is 402 g/mol. The van der Waals surface area contributed by atoms with Crippen molar-refractivity contribution in [2.75, 3.05) is 26.7 Å². The molecule has 0 aliphatic rings. The van der Waals surface area contributed by atoms with Crippen LogP contribution in [0.25, 0.3) is 0 Å². The van der Waals surface area contributed by atoms with E-state index in [9.17, 15) is 17.2 Å². The van der Waals surface area contributed by atoms with Gasteiger partial charge in [0.15, 0.2) is 5.96 Å². The van der Waals surface area contributed by atoms with Gasteiger partial charge in [0, 0.05) is 26.7 Å². The van der Waals surface area contributed by atoms with Crippen molar-refractivity contribution < 1.29 is 17.2 Å². The molecule has 0 atom stereocenters. The number of hydrogen-bond donors (Lipinski definition) is 3. The Kier molecular flexibility index (Phi) is 7.49. The van der Waals surface area contributed by atoms with E-state index in [0.29, 0.717) is 19.0 Å². The molecule has 10 heteroatoms. The standard InChI is InChI=1S/C16H20F2N4O2S2/c1-19-16(20-7-6-12-11-13(17)4-5-14(12)18)21-8-9-22-26(23,24)15-3-2-10-25-15/h2-5,10-11,22H,6-9H2,1H3,(H2,19,20,21). The van der Waals surface area contributed by atoms with Gasteiger partial charge in [0.05, 0.1) is 0 Å². The molecular formula is C16H20F2N4O2S2. The maximum absolute atomic E-state index is 13.5. The highest BCUT2D eigenvalue weighted by Gasteiger charge is 2.13. The van der Waals surface area contributed by atoms with Crippen molar-refractivity contribution in [3.8, 4) is 0 Å². The molecule has 1 aromatic carbocycles. The minimum absolute atomic E-state index is 0.180. The average Bonchev–Trinajstić information content (AvgIpc) is 3.15. The topological polar surface area (TPSA) is 82.6 Å². The van der Waals surface area contributed by atoms with Gasteiger partial charge in [0.25, 0.3) is 0 Å². The molecule has 0 amide bonds. The Labute approximate surface area is 155 Å². The lowest BCUT2D eigenvalue weighted by Crippen LogP contribution is -2.42. The van der Waals surface area contributed by atoms with E-state index in [1.54, 1.807) is 18.5 Å². The molecule has 142 valence electrons. The Morgan fingerprint density at radius 2 is 1.92 bits per heavy atom. The van der Waals surface area contributed by atoms with E-state index >= 15 is 0 Å². The van der Waals surface area contributed by atoms with Crippen LogP contribution >= 0.6 is 11.3 Å². The van der Waals surface area contributed by atoms with E-state index in [-0.39, 0.29) is 22.7 Å². The molecule has 0 radical (unpaired) electrons. The molecule has 0 aliphatic carbocycles. The zero-order valence-electron chi connectivity index (χ0n) is 14.1. The van der Waals surface area contributed by atoms with Gasteiger partial charge < -0.3 is 10.6 Å². The highest BCUT2D eigenvalue weighted by molar-refractivity contribution is 7.91. The largest absolute Gasteiger partial charge is 0.356 e. The number of sulfonamides is 1. The van der Waals surface area contributed by atoms with E-state index < -0.39 is 21.7 Å². The second kappa shape index (κ2) is 9.60. The van der Waals surface area contributed by atoms with Crippen LogP contribution in [0.3, 0.4) is 0 Å². The maximum atomic E-state index is 13.5. The number of nitrogens with one attached hydrogen (secondary N) is 3. The lowest BCUT2D eigenvalue weighted by atomic mass is 10.1. The van der Waals surface area contributed by atoms with Crippen LogP contribution in [0.2, 0.25) is 0 Å². The fraction of sp³-hybridized carbons (Fsp3) is 0.312. The van der Waals surface area contributed by atoms with Gasteiger partial charge in [-0.3, -0.25) is 4.99 Å². The lowest BCUT2D eigenvalue weighted by molar-refractivity contribution is 0.581. The van der Waals surface area contributed by atoms with E-state index in [0.717, 1.165) is 29.5 Å². The molecule has 1 heterocycles. The quantitative estimate of drug-likeness (QED) is 0.357. The number of hydrogen-bond acceptors (Lipinski definition) is 4. The molecule has 0 bridgehead atoms. The van der Waals surface area contributed by atoms with E-state index in [1.165, 1.54) is 6.07 Å². The summed E-state index contributed by atoms with van der Waals surface area (Å²) in [7, 11) is -1.93. The van der Waals surface area contributed by atoms with Crippen LogP contribution in [0.4, 0.5) is 8.78 Å². The molecule has 0 spiro atoms. The van der Waals surface area contributed by atoms with Crippen LogP contribution in [0.1, 0.15) is 5.56 Å². The van der Waals surface area contributed by atoms with Gasteiger partial charge in [-0.05, 0) is 41.6 Å². The summed E-state index contributed by atoms with van der Waals surface area (Å²) in [6, 6.07) is 6.53. The fourth-order valence-electron chi connectivity index (χ4n) is 2.12. The Balaban J connectivity index is 1.72. The van der Waals surface area contributed by atoms with E-state index in [1.807, 2.05) is 0 Å². The highest BCUT2D eigenvalue weighted by atomic mass is 32.2. The molecule has 0 saturated heterocycles. The predicted octanol–water partition coefficient (Wildman–Crippen LogP) is 1.71. The van der Waals surface area contributed by atoms with Crippen molar-refractivity contribution in [2.45, 2.75) is 10.6 Å². The molecule has 6 nitrogen and oxygen atoms in total. The van der Waals surface area contributed by atoms with Crippen molar-refractivity contribution in [2.24, 2.45) is 4.99 Å². The second-order valence-electron chi connectivity index (χ2n) is 5.24. The number of aliphatic imine (C=N–C) groups is 1. The molecule has 0 saturated carbocycles. The number of guanidine groups is 1. The number of thiophene rings is 1. The second-order valence-corrected chi connectivity index (χ2v) is 8.18.